The van der Waals surface area contributed by atoms with Crippen LogP contribution in [0.1, 0.15) is 16.7 Å². The highest BCUT2D eigenvalue weighted by Crippen LogP contribution is 2.26. The number of hydrogen-bond acceptors (Lipinski definition) is 3. The summed E-state index contributed by atoms with van der Waals surface area (Å²) in [5.41, 5.74) is 4.22. The molecule has 4 heteroatoms. The smallest absolute Gasteiger partial charge is 0.224 e. The highest BCUT2D eigenvalue weighted by Gasteiger charge is 2.18. The molecule has 1 aromatic carbocycles. The zero-order chi connectivity index (χ0) is 14.1. The predicted molar refractivity (Wildman–Crippen MR) is 78.8 cm³/mol. The molecule has 2 N–H and O–H groups in total. The molecule has 0 radical (unpaired) electrons. The van der Waals surface area contributed by atoms with Gasteiger partial charge in [-0.15, -0.1) is 0 Å². The first kappa shape index (κ1) is 13.2. The molecule has 1 amide bonds. The Kier molecular flexibility index (Phi) is 3.49. The van der Waals surface area contributed by atoms with Gasteiger partial charge in [0.15, 0.2) is 0 Å². The van der Waals surface area contributed by atoms with Crippen molar-refractivity contribution in [3.05, 3.63) is 35.1 Å². The lowest BCUT2D eigenvalue weighted by Gasteiger charge is -2.27. The number of amides is 1. The van der Waals surface area contributed by atoms with Gasteiger partial charge in [0.2, 0.25) is 5.91 Å². The van der Waals surface area contributed by atoms with Gasteiger partial charge in [-0.25, -0.2) is 0 Å². The summed E-state index contributed by atoms with van der Waals surface area (Å²) in [6, 6.07) is 4.12. The Bertz CT molecular complexity index is 641. The van der Waals surface area contributed by atoms with E-state index in [0.29, 0.717) is 12.3 Å². The van der Waals surface area contributed by atoms with Crippen molar-refractivity contribution in [2.75, 3.05) is 19.6 Å². The van der Waals surface area contributed by atoms with Gasteiger partial charge in [0, 0.05) is 36.5 Å². The van der Waals surface area contributed by atoms with Crippen LogP contribution >= 0.6 is 0 Å². The molecule has 0 unspecified atom stereocenters. The number of nitrogens with one attached hydrogen (secondary N) is 2. The SMILES string of the molecule is Cc1ccc2c(CC(=O)NCC3CNC3)coc2c1C. The molecular weight excluding hydrogens is 252 g/mol. The molecule has 1 saturated heterocycles. The van der Waals surface area contributed by atoms with Gasteiger partial charge in [0.25, 0.3) is 0 Å². The molecule has 0 bridgehead atoms. The van der Waals surface area contributed by atoms with Gasteiger partial charge in [0.1, 0.15) is 5.58 Å². The van der Waals surface area contributed by atoms with Gasteiger partial charge in [-0.3, -0.25) is 4.79 Å². The maximum absolute atomic E-state index is 12.0. The molecule has 1 aliphatic heterocycles. The fourth-order valence-electron chi connectivity index (χ4n) is 2.51. The second-order valence-electron chi connectivity index (χ2n) is 5.65. The van der Waals surface area contributed by atoms with Gasteiger partial charge < -0.3 is 15.1 Å². The molecule has 1 aliphatic rings. The maximum atomic E-state index is 12.0. The average molecular weight is 272 g/mol. The predicted octanol–water partition coefficient (Wildman–Crippen LogP) is 1.93. The number of furan rings is 1. The zero-order valence-electron chi connectivity index (χ0n) is 12.0. The topological polar surface area (TPSA) is 54.3 Å². The van der Waals surface area contributed by atoms with Crippen LogP contribution in [-0.4, -0.2) is 25.5 Å². The lowest BCUT2D eigenvalue weighted by molar-refractivity contribution is -0.120. The van der Waals surface area contributed by atoms with E-state index in [4.69, 9.17) is 4.42 Å². The third-order valence-corrected chi connectivity index (χ3v) is 4.15. The summed E-state index contributed by atoms with van der Waals surface area (Å²) in [5.74, 6) is 0.655. The van der Waals surface area contributed by atoms with Crippen molar-refractivity contribution < 1.29 is 9.21 Å². The molecule has 0 saturated carbocycles. The van der Waals surface area contributed by atoms with Crippen molar-refractivity contribution in [2.24, 2.45) is 5.92 Å². The molecule has 20 heavy (non-hydrogen) atoms. The molecule has 106 valence electrons. The molecule has 0 spiro atoms. The van der Waals surface area contributed by atoms with Crippen LogP contribution in [0.15, 0.2) is 22.8 Å². The van der Waals surface area contributed by atoms with Crippen LogP contribution in [0.5, 0.6) is 0 Å². The van der Waals surface area contributed by atoms with Gasteiger partial charge in [-0.2, -0.15) is 0 Å². The summed E-state index contributed by atoms with van der Waals surface area (Å²) >= 11 is 0. The fourth-order valence-corrected chi connectivity index (χ4v) is 2.51. The molecular formula is C16H20N2O2. The van der Waals surface area contributed by atoms with Crippen LogP contribution in [0, 0.1) is 19.8 Å². The molecule has 4 nitrogen and oxygen atoms in total. The number of hydrogen-bond donors (Lipinski definition) is 2. The Morgan fingerprint density at radius 3 is 2.90 bits per heavy atom. The summed E-state index contributed by atoms with van der Waals surface area (Å²) in [6.07, 6.45) is 2.09. The quantitative estimate of drug-likeness (QED) is 0.894. The minimum atomic E-state index is 0.0674. The van der Waals surface area contributed by atoms with E-state index >= 15 is 0 Å². The van der Waals surface area contributed by atoms with Crippen LogP contribution in [-0.2, 0) is 11.2 Å². The average Bonchev–Trinajstić information content (AvgIpc) is 2.76. The second kappa shape index (κ2) is 5.29. The van der Waals surface area contributed by atoms with Crippen LogP contribution in [0.25, 0.3) is 11.0 Å². The molecule has 0 aliphatic carbocycles. The Morgan fingerprint density at radius 1 is 1.40 bits per heavy atom. The molecule has 1 aromatic heterocycles. The van der Waals surface area contributed by atoms with Gasteiger partial charge in [0.05, 0.1) is 12.7 Å². The summed E-state index contributed by atoms with van der Waals surface area (Å²) in [7, 11) is 0. The highest BCUT2D eigenvalue weighted by molar-refractivity contribution is 5.89. The van der Waals surface area contributed by atoms with Gasteiger partial charge >= 0.3 is 0 Å². The number of carbonyl (C=O) groups excluding carboxylic acids is 1. The van der Waals surface area contributed by atoms with E-state index in [1.807, 2.05) is 6.07 Å². The lowest BCUT2D eigenvalue weighted by atomic mass is 10.0. The van der Waals surface area contributed by atoms with E-state index in [9.17, 15) is 4.79 Å². The third-order valence-electron chi connectivity index (χ3n) is 4.15. The number of rotatable bonds is 4. The van der Waals surface area contributed by atoms with Gasteiger partial charge in [-0.1, -0.05) is 12.1 Å². The van der Waals surface area contributed by atoms with E-state index in [-0.39, 0.29) is 5.91 Å². The monoisotopic (exact) mass is 272 g/mol. The molecule has 2 heterocycles. The number of fused-ring (bicyclic) bond motifs is 1. The Morgan fingerprint density at radius 2 is 2.20 bits per heavy atom. The maximum Gasteiger partial charge on any atom is 0.224 e. The van der Waals surface area contributed by atoms with Crippen molar-refractivity contribution in [1.82, 2.24) is 10.6 Å². The molecule has 3 rings (SSSR count). The van der Waals surface area contributed by atoms with Crippen molar-refractivity contribution >= 4 is 16.9 Å². The van der Waals surface area contributed by atoms with E-state index in [1.165, 1.54) is 5.56 Å². The number of carbonyl (C=O) groups is 1. The van der Waals surface area contributed by atoms with Crippen LogP contribution in [0.4, 0.5) is 0 Å². The summed E-state index contributed by atoms with van der Waals surface area (Å²) in [6.45, 7) is 6.89. The van der Waals surface area contributed by atoms with E-state index in [1.54, 1.807) is 6.26 Å². The van der Waals surface area contributed by atoms with Crippen molar-refractivity contribution in [3.8, 4) is 0 Å². The minimum absolute atomic E-state index is 0.0674. The fraction of sp³-hybridized carbons (Fsp3) is 0.438. The van der Waals surface area contributed by atoms with Crippen LogP contribution in [0.2, 0.25) is 0 Å². The zero-order valence-corrected chi connectivity index (χ0v) is 12.0. The largest absolute Gasteiger partial charge is 0.464 e. The summed E-state index contributed by atoms with van der Waals surface area (Å²) in [5, 5.41) is 7.24. The Balaban J connectivity index is 1.70. The number of benzene rings is 1. The molecule has 1 fully saturated rings. The highest BCUT2D eigenvalue weighted by atomic mass is 16.3. The third kappa shape index (κ3) is 2.43. The molecule has 2 aromatic rings. The first-order chi connectivity index (χ1) is 9.65. The van der Waals surface area contributed by atoms with E-state index in [0.717, 1.165) is 41.7 Å². The minimum Gasteiger partial charge on any atom is -0.464 e. The van der Waals surface area contributed by atoms with E-state index < -0.39 is 0 Å². The first-order valence-corrected chi connectivity index (χ1v) is 7.09. The number of aryl methyl sites for hydroxylation is 2. The second-order valence-corrected chi connectivity index (χ2v) is 5.65. The lowest BCUT2D eigenvalue weighted by Crippen LogP contribution is -2.48. The standard InChI is InChI=1S/C16H20N2O2/c1-10-3-4-14-13(9-20-16(14)11(10)2)5-15(19)18-8-12-6-17-7-12/h3-4,9,12,17H,5-8H2,1-2H3,(H,18,19). The van der Waals surface area contributed by atoms with E-state index in [2.05, 4.69) is 30.5 Å². The normalized spacial score (nSPS) is 15.3. The van der Waals surface area contributed by atoms with Crippen LogP contribution in [0.3, 0.4) is 0 Å². The Hall–Kier alpha value is -1.81. The van der Waals surface area contributed by atoms with Gasteiger partial charge in [-0.05, 0) is 25.0 Å². The first-order valence-electron chi connectivity index (χ1n) is 7.09. The summed E-state index contributed by atoms with van der Waals surface area (Å²) < 4.78 is 5.63. The van der Waals surface area contributed by atoms with Crippen LogP contribution < -0.4 is 10.6 Å². The molecule has 0 atom stereocenters. The Labute approximate surface area is 118 Å². The van der Waals surface area contributed by atoms with Crippen molar-refractivity contribution in [2.45, 2.75) is 20.3 Å². The van der Waals surface area contributed by atoms with Crippen molar-refractivity contribution in [3.63, 3.8) is 0 Å². The van der Waals surface area contributed by atoms with Crippen molar-refractivity contribution in [1.29, 1.82) is 0 Å². The summed E-state index contributed by atoms with van der Waals surface area (Å²) in [4.78, 5) is 12.0.